The van der Waals surface area contributed by atoms with Crippen molar-refractivity contribution in [1.29, 1.82) is 0 Å². The molecule has 0 saturated carbocycles. The van der Waals surface area contributed by atoms with Crippen molar-refractivity contribution in [3.63, 3.8) is 0 Å². The van der Waals surface area contributed by atoms with E-state index in [0.29, 0.717) is 0 Å². The predicted octanol–water partition coefficient (Wildman–Crippen LogP) is 2.60. The van der Waals surface area contributed by atoms with E-state index < -0.39 is 0 Å². The van der Waals surface area contributed by atoms with E-state index in [1.807, 2.05) is 19.3 Å². The van der Waals surface area contributed by atoms with Gasteiger partial charge in [0.25, 0.3) is 0 Å². The zero-order chi connectivity index (χ0) is 16.9. The molecule has 4 nitrogen and oxygen atoms in total. The first-order valence-corrected chi connectivity index (χ1v) is 8.58. The van der Waals surface area contributed by atoms with Gasteiger partial charge in [0.05, 0.1) is 6.10 Å². The van der Waals surface area contributed by atoms with Crippen LogP contribution < -0.4 is 0 Å². The second kappa shape index (κ2) is 7.81. The second-order valence-electron chi connectivity index (χ2n) is 6.54. The molecular weight excluding hydrogens is 305 g/mol. The van der Waals surface area contributed by atoms with Crippen molar-refractivity contribution in [2.75, 3.05) is 13.1 Å². The topological polar surface area (TPSA) is 49.2 Å². The minimum atomic E-state index is -0.301. The van der Waals surface area contributed by atoms with Crippen LogP contribution in [0.15, 0.2) is 36.7 Å². The molecule has 1 N–H and O–H groups in total. The van der Waals surface area contributed by atoms with E-state index in [0.717, 1.165) is 55.8 Å². The van der Waals surface area contributed by atoms with Gasteiger partial charge in [0.15, 0.2) is 0 Å². The van der Waals surface area contributed by atoms with Crippen LogP contribution in [0.5, 0.6) is 0 Å². The summed E-state index contributed by atoms with van der Waals surface area (Å²) in [5, 5.41) is 10.3. The number of nitrogens with zero attached hydrogens (tertiary/aromatic N) is 3. The molecule has 0 amide bonds. The number of aliphatic hydroxyl groups is 1. The van der Waals surface area contributed by atoms with Gasteiger partial charge in [-0.25, -0.2) is 14.4 Å². The SMILES string of the molecule is CCc1ncc(CN2CC[C@@H](O)[C@H](Cc3ccc(F)cc3)C2)cn1. The summed E-state index contributed by atoms with van der Waals surface area (Å²) in [4.78, 5) is 11.0. The molecule has 0 unspecified atom stereocenters. The van der Waals surface area contributed by atoms with Crippen LogP contribution in [-0.4, -0.2) is 39.2 Å². The van der Waals surface area contributed by atoms with Crippen molar-refractivity contribution in [1.82, 2.24) is 14.9 Å². The number of aliphatic hydroxyl groups excluding tert-OH is 1. The largest absolute Gasteiger partial charge is 0.393 e. The normalized spacial score (nSPS) is 21.8. The quantitative estimate of drug-likeness (QED) is 0.916. The number of benzene rings is 1. The third-order valence-corrected chi connectivity index (χ3v) is 4.67. The third kappa shape index (κ3) is 4.36. The van der Waals surface area contributed by atoms with Crippen LogP contribution >= 0.6 is 0 Å². The van der Waals surface area contributed by atoms with E-state index >= 15 is 0 Å². The van der Waals surface area contributed by atoms with Gasteiger partial charge >= 0.3 is 0 Å². The molecule has 1 aromatic carbocycles. The molecule has 0 aliphatic carbocycles. The molecule has 5 heteroatoms. The molecule has 2 aromatic rings. The molecule has 24 heavy (non-hydrogen) atoms. The molecule has 1 fully saturated rings. The lowest BCUT2D eigenvalue weighted by Gasteiger charge is -2.36. The van der Waals surface area contributed by atoms with Gasteiger partial charge in [-0.15, -0.1) is 0 Å². The maximum atomic E-state index is 13.0. The van der Waals surface area contributed by atoms with E-state index in [2.05, 4.69) is 14.9 Å². The van der Waals surface area contributed by atoms with E-state index in [-0.39, 0.29) is 17.8 Å². The Kier molecular flexibility index (Phi) is 5.53. The van der Waals surface area contributed by atoms with Crippen molar-refractivity contribution in [2.24, 2.45) is 5.92 Å². The molecule has 1 aliphatic heterocycles. The highest BCUT2D eigenvalue weighted by molar-refractivity contribution is 5.17. The summed E-state index contributed by atoms with van der Waals surface area (Å²) in [7, 11) is 0. The van der Waals surface area contributed by atoms with E-state index in [1.165, 1.54) is 12.1 Å². The predicted molar refractivity (Wildman–Crippen MR) is 90.9 cm³/mol. The zero-order valence-corrected chi connectivity index (χ0v) is 14.0. The molecule has 0 radical (unpaired) electrons. The molecule has 1 saturated heterocycles. The van der Waals surface area contributed by atoms with Crippen LogP contribution in [0.1, 0.15) is 30.3 Å². The van der Waals surface area contributed by atoms with Gasteiger partial charge in [0.2, 0.25) is 0 Å². The van der Waals surface area contributed by atoms with Crippen LogP contribution in [0.3, 0.4) is 0 Å². The fourth-order valence-electron chi connectivity index (χ4n) is 3.27. The van der Waals surface area contributed by atoms with Gasteiger partial charge in [-0.2, -0.15) is 0 Å². The van der Waals surface area contributed by atoms with Crippen LogP contribution in [-0.2, 0) is 19.4 Å². The summed E-state index contributed by atoms with van der Waals surface area (Å²) in [6.07, 6.45) is 5.86. The molecule has 128 valence electrons. The molecule has 1 aliphatic rings. The van der Waals surface area contributed by atoms with E-state index in [4.69, 9.17) is 0 Å². The van der Waals surface area contributed by atoms with Crippen molar-refractivity contribution in [3.05, 3.63) is 59.4 Å². The fraction of sp³-hybridized carbons (Fsp3) is 0.474. The van der Waals surface area contributed by atoms with Crippen LogP contribution in [0.25, 0.3) is 0 Å². The van der Waals surface area contributed by atoms with Crippen LogP contribution in [0.2, 0.25) is 0 Å². The molecule has 2 atom stereocenters. The number of aryl methyl sites for hydroxylation is 1. The summed E-state index contributed by atoms with van der Waals surface area (Å²) in [6.45, 7) is 4.54. The number of rotatable bonds is 5. The van der Waals surface area contributed by atoms with Crippen molar-refractivity contribution in [3.8, 4) is 0 Å². The first kappa shape index (κ1) is 17.0. The Balaban J connectivity index is 1.60. The molecule has 0 spiro atoms. The van der Waals surface area contributed by atoms with Gasteiger partial charge < -0.3 is 5.11 Å². The van der Waals surface area contributed by atoms with E-state index in [1.54, 1.807) is 12.1 Å². The number of halogens is 1. The maximum Gasteiger partial charge on any atom is 0.127 e. The van der Waals surface area contributed by atoms with Gasteiger partial charge in [-0.1, -0.05) is 19.1 Å². The lowest BCUT2D eigenvalue weighted by atomic mass is 9.88. The minimum Gasteiger partial charge on any atom is -0.393 e. The average Bonchev–Trinajstić information content (AvgIpc) is 2.60. The second-order valence-corrected chi connectivity index (χ2v) is 6.54. The first-order chi connectivity index (χ1) is 11.6. The third-order valence-electron chi connectivity index (χ3n) is 4.67. The summed E-state index contributed by atoms with van der Waals surface area (Å²) in [5.74, 6) is 0.808. The number of aromatic nitrogens is 2. The Morgan fingerprint density at radius 1 is 1.17 bits per heavy atom. The number of likely N-dealkylation sites (tertiary alicyclic amines) is 1. The lowest BCUT2D eigenvalue weighted by Crippen LogP contribution is -2.43. The molecule has 1 aromatic heterocycles. The summed E-state index contributed by atoms with van der Waals surface area (Å²) in [5.41, 5.74) is 2.17. The number of piperidine rings is 1. The van der Waals surface area contributed by atoms with Crippen molar-refractivity contribution >= 4 is 0 Å². The van der Waals surface area contributed by atoms with Crippen LogP contribution in [0, 0.1) is 11.7 Å². The van der Waals surface area contributed by atoms with Crippen LogP contribution in [0.4, 0.5) is 4.39 Å². The highest BCUT2D eigenvalue weighted by Crippen LogP contribution is 2.23. The molecule has 2 heterocycles. The maximum absolute atomic E-state index is 13.0. The first-order valence-electron chi connectivity index (χ1n) is 8.58. The summed E-state index contributed by atoms with van der Waals surface area (Å²) in [6, 6.07) is 6.57. The standard InChI is InChI=1S/C19H24FN3O/c1-2-19-21-10-15(11-22-19)12-23-8-7-18(24)16(13-23)9-14-3-5-17(20)6-4-14/h3-6,10-11,16,18,24H,2,7-9,12-13H2,1H3/t16-,18-/m1/s1. The van der Waals surface area contributed by atoms with Gasteiger partial charge in [0.1, 0.15) is 11.6 Å². The van der Waals surface area contributed by atoms with Crippen molar-refractivity contribution < 1.29 is 9.50 Å². The molecule has 3 rings (SSSR count). The Hall–Kier alpha value is -1.85. The fourth-order valence-corrected chi connectivity index (χ4v) is 3.27. The van der Waals surface area contributed by atoms with Gasteiger partial charge in [-0.3, -0.25) is 4.90 Å². The Bertz CT molecular complexity index is 645. The lowest BCUT2D eigenvalue weighted by molar-refractivity contribution is 0.0238. The average molecular weight is 329 g/mol. The highest BCUT2D eigenvalue weighted by atomic mass is 19.1. The number of hydrogen-bond donors (Lipinski definition) is 1. The highest BCUT2D eigenvalue weighted by Gasteiger charge is 2.27. The molecule has 0 bridgehead atoms. The zero-order valence-electron chi connectivity index (χ0n) is 14.0. The molecular formula is C19H24FN3O. The van der Waals surface area contributed by atoms with Gasteiger partial charge in [-0.05, 0) is 30.5 Å². The number of hydrogen-bond acceptors (Lipinski definition) is 4. The Morgan fingerprint density at radius 2 is 1.88 bits per heavy atom. The monoisotopic (exact) mass is 329 g/mol. The van der Waals surface area contributed by atoms with Crippen molar-refractivity contribution in [2.45, 2.75) is 38.8 Å². The minimum absolute atomic E-state index is 0.167. The van der Waals surface area contributed by atoms with E-state index in [9.17, 15) is 9.50 Å². The van der Waals surface area contributed by atoms with Gasteiger partial charge in [0, 0.05) is 49.9 Å². The summed E-state index contributed by atoms with van der Waals surface area (Å²) < 4.78 is 13.0. The smallest absolute Gasteiger partial charge is 0.127 e. The Morgan fingerprint density at radius 3 is 2.54 bits per heavy atom. The summed E-state index contributed by atoms with van der Waals surface area (Å²) >= 11 is 0. The Labute approximate surface area is 142 Å².